The molecule has 0 saturated heterocycles. The minimum atomic E-state index is 0.949. The summed E-state index contributed by atoms with van der Waals surface area (Å²) in [6, 6.07) is 71.3. The van der Waals surface area contributed by atoms with Crippen molar-refractivity contribution >= 4 is 43.7 Å². The number of para-hydroxylation sites is 3. The molecule has 0 amide bonds. The number of benzene rings is 7. The summed E-state index contributed by atoms with van der Waals surface area (Å²) in [4.78, 5) is 10.1. The molecule has 0 fully saturated rings. The minimum Gasteiger partial charge on any atom is -0.309 e. The molecular formula is C52H34N4. The van der Waals surface area contributed by atoms with Crippen LogP contribution >= 0.6 is 0 Å². The quantitative estimate of drug-likeness (QED) is 0.172. The van der Waals surface area contributed by atoms with E-state index in [9.17, 15) is 0 Å². The summed E-state index contributed by atoms with van der Waals surface area (Å²) >= 11 is 0. The summed E-state index contributed by atoms with van der Waals surface area (Å²) < 4.78 is 4.76. The number of fused-ring (bicyclic) bond motifs is 6. The molecule has 0 radical (unpaired) electrons. The normalized spacial score (nSPS) is 11.6. The lowest BCUT2D eigenvalue weighted by atomic mass is 9.99. The molecule has 262 valence electrons. The van der Waals surface area contributed by atoms with E-state index in [1.54, 1.807) is 0 Å². The van der Waals surface area contributed by atoms with E-state index in [1.165, 1.54) is 27.4 Å². The highest BCUT2D eigenvalue weighted by molar-refractivity contribution is 6.15. The van der Waals surface area contributed by atoms with Gasteiger partial charge in [-0.15, -0.1) is 0 Å². The van der Waals surface area contributed by atoms with Crippen LogP contribution in [0.3, 0.4) is 0 Å². The molecule has 4 heterocycles. The summed E-state index contributed by atoms with van der Waals surface area (Å²) in [5.41, 5.74) is 16.4. The number of aromatic nitrogens is 4. The van der Waals surface area contributed by atoms with Crippen molar-refractivity contribution in [3.63, 3.8) is 0 Å². The smallest absolute Gasteiger partial charge is 0.0963 e. The average molecular weight is 715 g/mol. The van der Waals surface area contributed by atoms with E-state index >= 15 is 0 Å². The van der Waals surface area contributed by atoms with Crippen molar-refractivity contribution in [2.75, 3.05) is 0 Å². The van der Waals surface area contributed by atoms with E-state index in [1.807, 2.05) is 24.4 Å². The van der Waals surface area contributed by atoms with Gasteiger partial charge in [0.2, 0.25) is 0 Å². The SMILES string of the molecule is c1ccc(-c2cc(-c3cccc(-n4c5ccccc5c5cccc(-c6ccc7c(c6)c6ncccc6n7-c6ccccc6)c54)c3)cc(-c3ccccc3)n2)cc1. The van der Waals surface area contributed by atoms with Crippen molar-refractivity contribution in [2.24, 2.45) is 0 Å². The Morgan fingerprint density at radius 2 is 0.946 bits per heavy atom. The molecule has 0 spiro atoms. The van der Waals surface area contributed by atoms with Crippen molar-refractivity contribution in [1.29, 1.82) is 0 Å². The number of hydrogen-bond donors (Lipinski definition) is 0. The molecule has 56 heavy (non-hydrogen) atoms. The van der Waals surface area contributed by atoms with E-state index in [-0.39, 0.29) is 0 Å². The maximum Gasteiger partial charge on any atom is 0.0963 e. The first-order valence-electron chi connectivity index (χ1n) is 19.0. The van der Waals surface area contributed by atoms with Crippen LogP contribution in [0.5, 0.6) is 0 Å². The van der Waals surface area contributed by atoms with Gasteiger partial charge >= 0.3 is 0 Å². The molecule has 0 aliphatic rings. The van der Waals surface area contributed by atoms with E-state index in [0.717, 1.165) is 72.5 Å². The predicted molar refractivity (Wildman–Crippen MR) is 232 cm³/mol. The van der Waals surface area contributed by atoms with Crippen LogP contribution in [0.15, 0.2) is 206 Å². The predicted octanol–water partition coefficient (Wildman–Crippen LogP) is 13.3. The first-order chi connectivity index (χ1) is 27.8. The van der Waals surface area contributed by atoms with Gasteiger partial charge < -0.3 is 9.13 Å². The lowest BCUT2D eigenvalue weighted by molar-refractivity contribution is 1.17. The Kier molecular flexibility index (Phi) is 7.46. The standard InChI is InChI=1S/C52H34N4/c1-4-15-35(16-5-1)46-33-39(34-47(54-46)36-17-6-2-7-18-36)37-19-12-22-41(31-37)56-48-26-11-10-23-43(48)44-25-13-24-42(52(44)56)38-28-29-49-45(32-38)51-50(27-14-30-53-51)55(49)40-20-8-3-9-21-40/h1-34H. The fourth-order valence-electron chi connectivity index (χ4n) is 8.41. The summed E-state index contributed by atoms with van der Waals surface area (Å²) in [6.45, 7) is 0. The van der Waals surface area contributed by atoms with Crippen LogP contribution in [0.4, 0.5) is 0 Å². The first kappa shape index (κ1) is 31.9. The van der Waals surface area contributed by atoms with Gasteiger partial charge in [-0.25, -0.2) is 4.98 Å². The zero-order valence-electron chi connectivity index (χ0n) is 30.4. The van der Waals surface area contributed by atoms with Gasteiger partial charge in [-0.1, -0.05) is 133 Å². The summed E-state index contributed by atoms with van der Waals surface area (Å²) in [7, 11) is 0. The zero-order chi connectivity index (χ0) is 37.0. The van der Waals surface area contributed by atoms with E-state index in [2.05, 4.69) is 191 Å². The molecule has 11 rings (SSSR count). The number of hydrogen-bond acceptors (Lipinski definition) is 2. The van der Waals surface area contributed by atoms with Crippen LogP contribution < -0.4 is 0 Å². The van der Waals surface area contributed by atoms with Crippen LogP contribution in [0.1, 0.15) is 0 Å². The highest BCUT2D eigenvalue weighted by atomic mass is 15.0. The van der Waals surface area contributed by atoms with E-state index in [4.69, 9.17) is 9.97 Å². The van der Waals surface area contributed by atoms with Crippen molar-refractivity contribution in [3.8, 4) is 56.1 Å². The molecule has 0 bridgehead atoms. The summed E-state index contributed by atoms with van der Waals surface area (Å²) in [6.07, 6.45) is 1.89. The van der Waals surface area contributed by atoms with Crippen LogP contribution in [0.2, 0.25) is 0 Å². The largest absolute Gasteiger partial charge is 0.309 e. The summed E-state index contributed by atoms with van der Waals surface area (Å²) in [5.74, 6) is 0. The zero-order valence-corrected chi connectivity index (χ0v) is 30.4. The minimum absolute atomic E-state index is 0.949. The molecule has 0 atom stereocenters. The van der Waals surface area contributed by atoms with Crippen molar-refractivity contribution in [3.05, 3.63) is 206 Å². The Morgan fingerprint density at radius 1 is 0.339 bits per heavy atom. The van der Waals surface area contributed by atoms with Crippen molar-refractivity contribution in [1.82, 2.24) is 19.1 Å². The molecule has 11 aromatic rings. The van der Waals surface area contributed by atoms with Gasteiger partial charge in [0.25, 0.3) is 0 Å². The first-order valence-corrected chi connectivity index (χ1v) is 19.0. The third-order valence-electron chi connectivity index (χ3n) is 10.9. The second-order valence-corrected chi connectivity index (χ2v) is 14.2. The maximum absolute atomic E-state index is 5.15. The highest BCUT2D eigenvalue weighted by Gasteiger charge is 2.19. The Morgan fingerprint density at radius 3 is 1.71 bits per heavy atom. The van der Waals surface area contributed by atoms with Crippen LogP contribution in [-0.2, 0) is 0 Å². The number of pyridine rings is 2. The Hall–Kier alpha value is -7.56. The van der Waals surface area contributed by atoms with Gasteiger partial charge in [0.05, 0.1) is 39.0 Å². The molecule has 4 heteroatoms. The van der Waals surface area contributed by atoms with Gasteiger partial charge in [-0.2, -0.15) is 0 Å². The lowest BCUT2D eigenvalue weighted by Crippen LogP contribution is -1.97. The van der Waals surface area contributed by atoms with E-state index in [0.29, 0.717) is 0 Å². The molecule has 0 unspecified atom stereocenters. The van der Waals surface area contributed by atoms with Crippen LogP contribution in [-0.4, -0.2) is 19.1 Å². The molecule has 0 aliphatic heterocycles. The van der Waals surface area contributed by atoms with Crippen LogP contribution in [0, 0.1) is 0 Å². The highest BCUT2D eigenvalue weighted by Crippen LogP contribution is 2.41. The van der Waals surface area contributed by atoms with Crippen molar-refractivity contribution < 1.29 is 0 Å². The third-order valence-corrected chi connectivity index (χ3v) is 10.9. The Bertz CT molecular complexity index is 3170. The topological polar surface area (TPSA) is 35.6 Å². The Balaban J connectivity index is 1.12. The number of nitrogens with zero attached hydrogens (tertiary/aromatic N) is 4. The molecule has 4 nitrogen and oxygen atoms in total. The average Bonchev–Trinajstić information content (AvgIpc) is 3.80. The maximum atomic E-state index is 5.15. The van der Waals surface area contributed by atoms with Gasteiger partial charge in [0, 0.05) is 50.4 Å². The molecule has 0 saturated carbocycles. The second-order valence-electron chi connectivity index (χ2n) is 14.2. The molecule has 7 aromatic carbocycles. The number of rotatable bonds is 6. The third kappa shape index (κ3) is 5.23. The fraction of sp³-hybridized carbons (Fsp3) is 0. The Labute approximate surface area is 324 Å². The van der Waals surface area contributed by atoms with Crippen LogP contribution in [0.25, 0.3) is 99.9 Å². The van der Waals surface area contributed by atoms with E-state index < -0.39 is 0 Å². The molecule has 0 N–H and O–H groups in total. The lowest BCUT2D eigenvalue weighted by Gasteiger charge is -2.14. The summed E-state index contributed by atoms with van der Waals surface area (Å²) in [5, 5.41) is 3.57. The van der Waals surface area contributed by atoms with Gasteiger partial charge in [0.1, 0.15) is 0 Å². The molecule has 0 aliphatic carbocycles. The monoisotopic (exact) mass is 714 g/mol. The second kappa shape index (κ2) is 13.1. The van der Waals surface area contributed by atoms with Crippen molar-refractivity contribution in [2.45, 2.75) is 0 Å². The van der Waals surface area contributed by atoms with Gasteiger partial charge in [-0.05, 0) is 83.4 Å². The van der Waals surface area contributed by atoms with Gasteiger partial charge in [-0.3, -0.25) is 4.98 Å². The van der Waals surface area contributed by atoms with Gasteiger partial charge in [0.15, 0.2) is 0 Å². The molecule has 4 aromatic heterocycles. The fourth-order valence-corrected chi connectivity index (χ4v) is 8.41. The molecular weight excluding hydrogens is 681 g/mol.